The largest absolute Gasteiger partial charge is 0.443 e. The minimum Gasteiger partial charge on any atom is -0.443 e. The summed E-state index contributed by atoms with van der Waals surface area (Å²) in [5.74, 6) is -1.58. The maximum absolute atomic E-state index is 12.6. The van der Waals surface area contributed by atoms with E-state index in [1.165, 1.54) is 0 Å². The number of esters is 1. The Labute approximate surface area is 161 Å². The molecule has 0 aliphatic rings. The average molecular weight is 422 g/mol. The minimum atomic E-state index is -5.74. The first-order valence-corrected chi connectivity index (χ1v) is 8.96. The van der Waals surface area contributed by atoms with Gasteiger partial charge < -0.3 is 4.74 Å². The second kappa shape index (κ2) is 8.89. The van der Waals surface area contributed by atoms with E-state index in [2.05, 4.69) is 4.74 Å². The third-order valence-corrected chi connectivity index (χ3v) is 4.93. The van der Waals surface area contributed by atoms with Crippen LogP contribution >= 0.6 is 11.8 Å². The summed E-state index contributed by atoms with van der Waals surface area (Å²) in [6.07, 6.45) is -16.3. The molecule has 0 bridgehead atoms. The Balaban J connectivity index is 2.19. The highest BCUT2D eigenvalue weighted by Gasteiger charge is 2.59. The second-order valence-corrected chi connectivity index (χ2v) is 7.26. The Morgan fingerprint density at radius 3 is 1.96 bits per heavy atom. The lowest BCUT2D eigenvalue weighted by Crippen LogP contribution is -2.45. The number of alkyl halides is 6. The van der Waals surface area contributed by atoms with E-state index < -0.39 is 36.1 Å². The van der Waals surface area contributed by atoms with E-state index in [4.69, 9.17) is 0 Å². The van der Waals surface area contributed by atoms with Gasteiger partial charge in [0.2, 0.25) is 0 Å². The molecule has 0 spiro atoms. The van der Waals surface area contributed by atoms with Gasteiger partial charge in [0.15, 0.2) is 0 Å². The third kappa shape index (κ3) is 6.47. The molecule has 2 nitrogen and oxygen atoms in total. The lowest BCUT2D eigenvalue weighted by atomic mass is 10.1. The fourth-order valence-corrected chi connectivity index (χ4v) is 3.46. The molecule has 28 heavy (non-hydrogen) atoms. The molecule has 9 heteroatoms. The maximum atomic E-state index is 12.6. The number of aryl methyl sites for hydroxylation is 1. The first-order valence-electron chi connectivity index (χ1n) is 8.08. The number of hydrogen-bond acceptors (Lipinski definition) is 3. The van der Waals surface area contributed by atoms with Crippen molar-refractivity contribution in [3.8, 4) is 0 Å². The van der Waals surface area contributed by atoms with Crippen LogP contribution in [0.25, 0.3) is 0 Å². The van der Waals surface area contributed by atoms with Gasteiger partial charge in [0, 0.05) is 10.1 Å². The van der Waals surface area contributed by atoms with Crippen LogP contribution in [0.2, 0.25) is 0 Å². The minimum absolute atomic E-state index is 0.584. The zero-order chi connectivity index (χ0) is 20.9. The molecule has 0 unspecified atom stereocenters. The van der Waals surface area contributed by atoms with Gasteiger partial charge >= 0.3 is 18.3 Å². The van der Waals surface area contributed by atoms with Crippen LogP contribution in [-0.4, -0.2) is 24.4 Å². The Bertz CT molecular complexity index is 758. The molecule has 0 radical (unpaired) electrons. The Morgan fingerprint density at radius 1 is 0.929 bits per heavy atom. The van der Waals surface area contributed by atoms with Crippen LogP contribution in [0.1, 0.15) is 22.8 Å². The molecule has 0 saturated carbocycles. The van der Waals surface area contributed by atoms with Crippen molar-refractivity contribution in [2.75, 3.05) is 0 Å². The van der Waals surface area contributed by atoms with E-state index >= 15 is 0 Å². The molecule has 0 fully saturated rings. The molecule has 2 aromatic carbocycles. The molecule has 0 N–H and O–H groups in total. The topological polar surface area (TPSA) is 26.3 Å². The lowest BCUT2D eigenvalue weighted by molar-refractivity contribution is -0.313. The zero-order valence-corrected chi connectivity index (χ0v) is 15.4. The average Bonchev–Trinajstić information content (AvgIpc) is 2.60. The molecular formula is C19H16F6O2S. The van der Waals surface area contributed by atoms with Crippen molar-refractivity contribution in [1.29, 1.82) is 0 Å². The highest BCUT2D eigenvalue weighted by atomic mass is 32.2. The van der Waals surface area contributed by atoms with Gasteiger partial charge in [-0.15, -0.1) is 11.8 Å². The van der Waals surface area contributed by atoms with Crippen molar-refractivity contribution in [3.63, 3.8) is 0 Å². The quantitative estimate of drug-likeness (QED) is 0.313. The van der Waals surface area contributed by atoms with Gasteiger partial charge in [-0.05, 0) is 24.6 Å². The van der Waals surface area contributed by atoms with Crippen LogP contribution < -0.4 is 0 Å². The van der Waals surface area contributed by atoms with Gasteiger partial charge in [-0.3, -0.25) is 4.79 Å². The van der Waals surface area contributed by atoms with Gasteiger partial charge in [-0.2, -0.15) is 26.3 Å². The molecule has 2 aromatic rings. The highest BCUT2D eigenvalue weighted by molar-refractivity contribution is 7.99. The molecule has 0 aromatic heterocycles. The summed E-state index contributed by atoms with van der Waals surface area (Å²) in [6.45, 7) is 1.87. The standard InChI is InChI=1S/C19H16F6O2S/c1-12-7-9-14(10-8-12)28-15(13-5-3-2-4-6-13)11-16(26)27-17(18(20,21)22)19(23,24)25/h2-10,15,17H,11H2,1H3/t15-/m0/s1. The van der Waals surface area contributed by atoms with E-state index in [9.17, 15) is 31.1 Å². The smallest absolute Gasteiger partial charge is 0.434 e. The summed E-state index contributed by atoms with van der Waals surface area (Å²) >= 11 is 1.16. The van der Waals surface area contributed by atoms with Gasteiger partial charge in [-0.25, -0.2) is 0 Å². The van der Waals surface area contributed by atoms with Crippen molar-refractivity contribution in [2.45, 2.75) is 41.9 Å². The van der Waals surface area contributed by atoms with Gasteiger partial charge in [-0.1, -0.05) is 48.0 Å². The monoisotopic (exact) mass is 422 g/mol. The predicted octanol–water partition coefficient (Wildman–Crippen LogP) is 6.25. The summed E-state index contributed by atoms with van der Waals surface area (Å²) in [5.41, 5.74) is 1.57. The van der Waals surface area contributed by atoms with Crippen LogP contribution in [-0.2, 0) is 9.53 Å². The number of hydrogen-bond donors (Lipinski definition) is 0. The van der Waals surface area contributed by atoms with Crippen LogP contribution in [0.3, 0.4) is 0 Å². The van der Waals surface area contributed by atoms with Crippen molar-refractivity contribution in [2.24, 2.45) is 0 Å². The number of ether oxygens (including phenoxy) is 1. The second-order valence-electron chi connectivity index (χ2n) is 5.99. The molecule has 0 heterocycles. The molecule has 1 atom stereocenters. The highest BCUT2D eigenvalue weighted by Crippen LogP contribution is 2.40. The van der Waals surface area contributed by atoms with Crippen molar-refractivity contribution in [3.05, 3.63) is 65.7 Å². The molecule has 0 saturated heterocycles. The summed E-state index contributed by atoms with van der Waals surface area (Å²) in [7, 11) is 0. The van der Waals surface area contributed by atoms with Crippen molar-refractivity contribution < 1.29 is 35.9 Å². The number of halogens is 6. The summed E-state index contributed by atoms with van der Waals surface area (Å²) in [5, 5.41) is -0.710. The van der Waals surface area contributed by atoms with Crippen LogP contribution in [0.15, 0.2) is 59.5 Å². The predicted molar refractivity (Wildman–Crippen MR) is 92.8 cm³/mol. The van der Waals surface area contributed by atoms with E-state index in [0.717, 1.165) is 22.2 Å². The van der Waals surface area contributed by atoms with Gasteiger partial charge in [0.1, 0.15) is 0 Å². The van der Waals surface area contributed by atoms with E-state index in [0.29, 0.717) is 5.56 Å². The SMILES string of the molecule is Cc1ccc(S[C@@H](CC(=O)OC(C(F)(F)F)C(F)(F)F)c2ccccc2)cc1. The maximum Gasteiger partial charge on any atom is 0.434 e. The molecule has 0 amide bonds. The van der Waals surface area contributed by atoms with Crippen molar-refractivity contribution in [1.82, 2.24) is 0 Å². The van der Waals surface area contributed by atoms with E-state index in [1.54, 1.807) is 42.5 Å². The molecule has 0 aliphatic heterocycles. The first kappa shape index (κ1) is 22.1. The number of carbonyl (C=O) groups is 1. The van der Waals surface area contributed by atoms with Crippen LogP contribution in [0.5, 0.6) is 0 Å². The molecule has 2 rings (SSSR count). The number of thioether (sulfide) groups is 1. The summed E-state index contributed by atoms with van der Waals surface area (Å²) in [6, 6.07) is 15.5. The fourth-order valence-electron chi connectivity index (χ4n) is 2.33. The third-order valence-electron chi connectivity index (χ3n) is 3.67. The fraction of sp³-hybridized carbons (Fsp3) is 0.316. The molecule has 152 valence electrons. The van der Waals surface area contributed by atoms with Gasteiger partial charge in [0.25, 0.3) is 6.10 Å². The Morgan fingerprint density at radius 2 is 1.46 bits per heavy atom. The molecular weight excluding hydrogens is 406 g/mol. The lowest BCUT2D eigenvalue weighted by Gasteiger charge is -2.24. The normalized spacial score (nSPS) is 13.4. The van der Waals surface area contributed by atoms with Crippen LogP contribution in [0.4, 0.5) is 26.3 Å². The van der Waals surface area contributed by atoms with Crippen molar-refractivity contribution >= 4 is 17.7 Å². The summed E-state index contributed by atoms with van der Waals surface area (Å²) < 4.78 is 79.5. The Hall–Kier alpha value is -2.16. The first-order chi connectivity index (χ1) is 13.0. The number of carbonyl (C=O) groups excluding carboxylic acids is 1. The molecule has 0 aliphatic carbocycles. The van der Waals surface area contributed by atoms with E-state index in [-0.39, 0.29) is 0 Å². The number of rotatable bonds is 6. The van der Waals surface area contributed by atoms with Crippen LogP contribution in [0, 0.1) is 6.92 Å². The zero-order valence-electron chi connectivity index (χ0n) is 14.6. The van der Waals surface area contributed by atoms with E-state index in [1.807, 2.05) is 19.1 Å². The Kier molecular flexibility index (Phi) is 7.03. The van der Waals surface area contributed by atoms with Gasteiger partial charge in [0.05, 0.1) is 6.42 Å². The summed E-state index contributed by atoms with van der Waals surface area (Å²) in [4.78, 5) is 12.7. The number of benzene rings is 2.